The Morgan fingerprint density at radius 2 is 1.95 bits per heavy atom. The van der Waals surface area contributed by atoms with Crippen molar-refractivity contribution >= 4 is 27.3 Å². The minimum absolute atomic E-state index is 0.0173. The van der Waals surface area contributed by atoms with Gasteiger partial charge >= 0.3 is 5.69 Å². The molecule has 4 nitrogen and oxygen atoms in total. The zero-order chi connectivity index (χ0) is 14.7. The lowest BCUT2D eigenvalue weighted by Gasteiger charge is -2.08. The molecule has 0 bridgehead atoms. The molecule has 104 valence electrons. The van der Waals surface area contributed by atoms with Gasteiger partial charge in [0, 0.05) is 34.4 Å². The number of rotatable bonds is 4. The number of anilines is 1. The van der Waals surface area contributed by atoms with E-state index in [2.05, 4.69) is 21.2 Å². The number of benzene rings is 2. The Morgan fingerprint density at radius 1 is 1.20 bits per heavy atom. The summed E-state index contributed by atoms with van der Waals surface area (Å²) in [7, 11) is 0. The molecule has 0 unspecified atom stereocenters. The number of nitro benzene ring substituents is 1. The van der Waals surface area contributed by atoms with Gasteiger partial charge in [-0.3, -0.25) is 10.1 Å². The summed E-state index contributed by atoms with van der Waals surface area (Å²) in [5.41, 5.74) is 0.00118. The van der Waals surface area contributed by atoms with Crippen molar-refractivity contribution in [2.24, 2.45) is 0 Å². The number of hydrogen-bond acceptors (Lipinski definition) is 3. The Morgan fingerprint density at radius 3 is 2.60 bits per heavy atom. The maximum atomic E-state index is 13.6. The SMILES string of the molecule is O=[N+]([O-])c1cc(CNc2cccc(Br)c2)c(F)cc1F. The van der Waals surface area contributed by atoms with Gasteiger partial charge in [-0.15, -0.1) is 0 Å². The van der Waals surface area contributed by atoms with E-state index < -0.39 is 22.2 Å². The molecular formula is C13H9BrF2N2O2. The van der Waals surface area contributed by atoms with Crippen LogP contribution in [-0.4, -0.2) is 4.92 Å². The molecule has 20 heavy (non-hydrogen) atoms. The zero-order valence-corrected chi connectivity index (χ0v) is 11.7. The van der Waals surface area contributed by atoms with E-state index in [1.54, 1.807) is 18.2 Å². The van der Waals surface area contributed by atoms with Crippen molar-refractivity contribution in [3.8, 4) is 0 Å². The number of nitrogens with one attached hydrogen (secondary N) is 1. The van der Waals surface area contributed by atoms with E-state index in [1.165, 1.54) is 0 Å². The maximum absolute atomic E-state index is 13.6. The first kappa shape index (κ1) is 14.4. The van der Waals surface area contributed by atoms with Crippen LogP contribution in [0.25, 0.3) is 0 Å². The van der Waals surface area contributed by atoms with Crippen molar-refractivity contribution in [3.63, 3.8) is 0 Å². The molecule has 2 aromatic carbocycles. The van der Waals surface area contributed by atoms with Gasteiger partial charge in [-0.1, -0.05) is 22.0 Å². The highest BCUT2D eigenvalue weighted by atomic mass is 79.9. The van der Waals surface area contributed by atoms with Gasteiger partial charge in [0.2, 0.25) is 5.82 Å². The topological polar surface area (TPSA) is 55.2 Å². The highest BCUT2D eigenvalue weighted by Gasteiger charge is 2.18. The van der Waals surface area contributed by atoms with Crippen LogP contribution in [0.4, 0.5) is 20.2 Å². The van der Waals surface area contributed by atoms with E-state index in [0.29, 0.717) is 11.8 Å². The van der Waals surface area contributed by atoms with Crippen molar-refractivity contribution in [3.05, 3.63) is 68.2 Å². The molecule has 0 radical (unpaired) electrons. The van der Waals surface area contributed by atoms with Crippen molar-refractivity contribution < 1.29 is 13.7 Å². The summed E-state index contributed by atoms with van der Waals surface area (Å²) in [5, 5.41) is 13.5. The number of hydrogen-bond donors (Lipinski definition) is 1. The molecule has 0 atom stereocenters. The molecule has 0 amide bonds. The molecule has 2 aromatic rings. The van der Waals surface area contributed by atoms with Gasteiger partial charge in [-0.25, -0.2) is 4.39 Å². The van der Waals surface area contributed by atoms with E-state index in [4.69, 9.17) is 0 Å². The standard InChI is InChI=1S/C13H9BrF2N2O2/c14-9-2-1-3-10(5-9)17-7-8-4-13(18(19)20)12(16)6-11(8)15/h1-6,17H,7H2. The van der Waals surface area contributed by atoms with E-state index in [1.807, 2.05) is 6.07 Å². The van der Waals surface area contributed by atoms with Crippen LogP contribution in [0, 0.1) is 21.7 Å². The summed E-state index contributed by atoms with van der Waals surface area (Å²) in [4.78, 5) is 9.74. The molecule has 2 rings (SSSR count). The second-order valence-corrected chi connectivity index (χ2v) is 4.93. The highest BCUT2D eigenvalue weighted by Crippen LogP contribution is 2.23. The van der Waals surface area contributed by atoms with Crippen molar-refractivity contribution in [1.29, 1.82) is 0 Å². The number of nitrogens with zero attached hydrogens (tertiary/aromatic N) is 1. The Kier molecular flexibility index (Phi) is 4.29. The summed E-state index contributed by atoms with van der Waals surface area (Å²) in [6.07, 6.45) is 0. The number of nitro groups is 1. The summed E-state index contributed by atoms with van der Waals surface area (Å²) < 4.78 is 27.6. The van der Waals surface area contributed by atoms with Crippen LogP contribution in [0.3, 0.4) is 0 Å². The van der Waals surface area contributed by atoms with Crippen molar-refractivity contribution in [2.45, 2.75) is 6.54 Å². The maximum Gasteiger partial charge on any atom is 0.305 e. The number of halogens is 3. The summed E-state index contributed by atoms with van der Waals surface area (Å²) in [6, 6.07) is 8.58. The van der Waals surface area contributed by atoms with Crippen LogP contribution in [0.2, 0.25) is 0 Å². The first-order valence-corrected chi connectivity index (χ1v) is 6.38. The Hall–Kier alpha value is -2.02. The predicted octanol–water partition coefficient (Wildman–Crippen LogP) is 4.25. The first-order chi connectivity index (χ1) is 9.47. The molecule has 0 aromatic heterocycles. The fourth-order valence-corrected chi connectivity index (χ4v) is 2.05. The van der Waals surface area contributed by atoms with Gasteiger partial charge in [-0.2, -0.15) is 4.39 Å². The van der Waals surface area contributed by atoms with E-state index in [-0.39, 0.29) is 12.1 Å². The van der Waals surface area contributed by atoms with E-state index in [0.717, 1.165) is 10.5 Å². The second-order valence-electron chi connectivity index (χ2n) is 4.02. The van der Waals surface area contributed by atoms with Crippen molar-refractivity contribution in [2.75, 3.05) is 5.32 Å². The van der Waals surface area contributed by atoms with Crippen LogP contribution in [0.1, 0.15) is 5.56 Å². The summed E-state index contributed by atoms with van der Waals surface area (Å²) >= 11 is 3.29. The zero-order valence-electron chi connectivity index (χ0n) is 10.1. The Labute approximate surface area is 121 Å². The summed E-state index contributed by atoms with van der Waals surface area (Å²) in [5.74, 6) is -2.01. The van der Waals surface area contributed by atoms with Gasteiger partial charge in [0.15, 0.2) is 0 Å². The van der Waals surface area contributed by atoms with E-state index in [9.17, 15) is 18.9 Å². The molecule has 7 heteroatoms. The van der Waals surface area contributed by atoms with Crippen LogP contribution in [0.5, 0.6) is 0 Å². The third kappa shape index (κ3) is 3.30. The highest BCUT2D eigenvalue weighted by molar-refractivity contribution is 9.10. The molecule has 0 heterocycles. The van der Waals surface area contributed by atoms with E-state index >= 15 is 0 Å². The molecule has 0 aliphatic rings. The average molecular weight is 343 g/mol. The van der Waals surface area contributed by atoms with Gasteiger partial charge in [0.25, 0.3) is 0 Å². The lowest BCUT2D eigenvalue weighted by atomic mass is 10.1. The molecule has 0 spiro atoms. The van der Waals surface area contributed by atoms with Crippen LogP contribution in [0.15, 0.2) is 40.9 Å². The predicted molar refractivity (Wildman–Crippen MR) is 74.5 cm³/mol. The monoisotopic (exact) mass is 342 g/mol. The fourth-order valence-electron chi connectivity index (χ4n) is 1.65. The third-order valence-electron chi connectivity index (χ3n) is 2.62. The Bertz CT molecular complexity index is 665. The van der Waals surface area contributed by atoms with Crippen LogP contribution >= 0.6 is 15.9 Å². The molecule has 0 aliphatic heterocycles. The van der Waals surface area contributed by atoms with Gasteiger partial charge in [0.05, 0.1) is 4.92 Å². The van der Waals surface area contributed by atoms with Gasteiger partial charge in [-0.05, 0) is 18.2 Å². The molecule has 0 saturated carbocycles. The van der Waals surface area contributed by atoms with Gasteiger partial charge in [0.1, 0.15) is 5.82 Å². The van der Waals surface area contributed by atoms with Gasteiger partial charge < -0.3 is 5.32 Å². The first-order valence-electron chi connectivity index (χ1n) is 5.59. The molecule has 0 saturated heterocycles. The van der Waals surface area contributed by atoms with Crippen LogP contribution < -0.4 is 5.32 Å². The Balaban J connectivity index is 2.21. The fraction of sp³-hybridized carbons (Fsp3) is 0.0769. The quantitative estimate of drug-likeness (QED) is 0.667. The molecule has 0 aliphatic carbocycles. The molecule has 0 fully saturated rings. The van der Waals surface area contributed by atoms with Crippen molar-refractivity contribution in [1.82, 2.24) is 0 Å². The van der Waals surface area contributed by atoms with Crippen LogP contribution in [-0.2, 0) is 6.54 Å². The normalized spacial score (nSPS) is 10.3. The minimum Gasteiger partial charge on any atom is -0.381 e. The second kappa shape index (κ2) is 5.96. The summed E-state index contributed by atoms with van der Waals surface area (Å²) in [6.45, 7) is 0.0173. The largest absolute Gasteiger partial charge is 0.381 e. The average Bonchev–Trinajstić information content (AvgIpc) is 2.37. The minimum atomic E-state index is -1.18. The smallest absolute Gasteiger partial charge is 0.305 e. The molecular weight excluding hydrogens is 334 g/mol. The third-order valence-corrected chi connectivity index (χ3v) is 3.11. The lowest BCUT2D eigenvalue weighted by Crippen LogP contribution is -2.04. The lowest BCUT2D eigenvalue weighted by molar-refractivity contribution is -0.387. The molecule has 1 N–H and O–H groups in total.